The standard InChI is InChI=1S/C15H20N4O2/c1-10(2)9-13(16)14(20)18-11-3-5-12(6-4-11)19-8-7-17-15(19)21/h3-8,10,13H,9,16H2,1-2H3,(H,17,21)(H,18,20). The summed E-state index contributed by atoms with van der Waals surface area (Å²) in [7, 11) is 0. The van der Waals surface area contributed by atoms with Crippen LogP contribution in [0.1, 0.15) is 20.3 Å². The number of carbonyl (C=O) groups is 1. The molecule has 2 rings (SSSR count). The minimum absolute atomic E-state index is 0.199. The van der Waals surface area contributed by atoms with E-state index in [1.165, 1.54) is 4.57 Å². The zero-order chi connectivity index (χ0) is 15.4. The molecule has 1 aromatic heterocycles. The third-order valence-corrected chi connectivity index (χ3v) is 3.12. The van der Waals surface area contributed by atoms with Crippen molar-refractivity contribution < 1.29 is 4.79 Å². The minimum Gasteiger partial charge on any atom is -0.325 e. The Morgan fingerprint density at radius 3 is 2.52 bits per heavy atom. The van der Waals surface area contributed by atoms with E-state index in [9.17, 15) is 9.59 Å². The molecule has 1 unspecified atom stereocenters. The predicted octanol–water partition coefficient (Wildman–Crippen LogP) is 1.48. The van der Waals surface area contributed by atoms with E-state index in [0.717, 1.165) is 5.69 Å². The second kappa shape index (κ2) is 6.41. The number of carbonyl (C=O) groups excluding carboxylic acids is 1. The number of amides is 1. The maximum Gasteiger partial charge on any atom is 0.330 e. The van der Waals surface area contributed by atoms with Gasteiger partial charge in [-0.2, -0.15) is 0 Å². The van der Waals surface area contributed by atoms with E-state index in [4.69, 9.17) is 5.73 Å². The van der Waals surface area contributed by atoms with Gasteiger partial charge in [0, 0.05) is 18.1 Å². The number of benzene rings is 1. The number of aromatic amines is 1. The van der Waals surface area contributed by atoms with Crippen LogP contribution in [0.3, 0.4) is 0 Å². The average Bonchev–Trinajstić information content (AvgIpc) is 2.85. The quantitative estimate of drug-likeness (QED) is 0.778. The lowest BCUT2D eigenvalue weighted by Gasteiger charge is -2.14. The molecule has 0 radical (unpaired) electrons. The number of aromatic nitrogens is 2. The van der Waals surface area contributed by atoms with Crippen LogP contribution in [-0.4, -0.2) is 21.5 Å². The molecule has 21 heavy (non-hydrogen) atoms. The van der Waals surface area contributed by atoms with Crippen molar-refractivity contribution in [1.82, 2.24) is 9.55 Å². The summed E-state index contributed by atoms with van der Waals surface area (Å²) in [5, 5.41) is 2.78. The minimum atomic E-state index is -0.517. The van der Waals surface area contributed by atoms with Gasteiger partial charge in [0.2, 0.25) is 5.91 Å². The molecule has 0 bridgehead atoms. The molecule has 0 aliphatic heterocycles. The fraction of sp³-hybridized carbons (Fsp3) is 0.333. The SMILES string of the molecule is CC(C)CC(N)C(=O)Nc1ccc(-n2cc[nH]c2=O)cc1. The van der Waals surface area contributed by atoms with Crippen molar-refractivity contribution >= 4 is 11.6 Å². The lowest BCUT2D eigenvalue weighted by atomic mass is 10.0. The maximum atomic E-state index is 11.9. The Labute approximate surface area is 123 Å². The van der Waals surface area contributed by atoms with Crippen LogP contribution in [0, 0.1) is 5.92 Å². The zero-order valence-corrected chi connectivity index (χ0v) is 12.2. The molecule has 1 amide bonds. The Balaban J connectivity index is 2.05. The first-order valence-electron chi connectivity index (χ1n) is 6.90. The van der Waals surface area contributed by atoms with E-state index in [2.05, 4.69) is 10.3 Å². The van der Waals surface area contributed by atoms with E-state index < -0.39 is 6.04 Å². The third-order valence-electron chi connectivity index (χ3n) is 3.12. The van der Waals surface area contributed by atoms with E-state index in [0.29, 0.717) is 18.0 Å². The lowest BCUT2D eigenvalue weighted by Crippen LogP contribution is -2.36. The first-order chi connectivity index (χ1) is 9.97. The molecular formula is C15H20N4O2. The van der Waals surface area contributed by atoms with Crippen molar-refractivity contribution in [3.8, 4) is 5.69 Å². The van der Waals surface area contributed by atoms with Crippen LogP contribution in [0.2, 0.25) is 0 Å². The molecule has 112 valence electrons. The number of hydrogen-bond donors (Lipinski definition) is 3. The van der Waals surface area contributed by atoms with Gasteiger partial charge in [-0.3, -0.25) is 9.36 Å². The molecule has 1 atom stereocenters. The van der Waals surface area contributed by atoms with Gasteiger partial charge in [0.25, 0.3) is 0 Å². The predicted molar refractivity (Wildman–Crippen MR) is 82.4 cm³/mol. The van der Waals surface area contributed by atoms with Crippen LogP contribution < -0.4 is 16.7 Å². The molecule has 0 saturated carbocycles. The van der Waals surface area contributed by atoms with Gasteiger partial charge in [-0.05, 0) is 36.6 Å². The second-order valence-corrected chi connectivity index (χ2v) is 5.41. The van der Waals surface area contributed by atoms with Gasteiger partial charge < -0.3 is 16.0 Å². The number of nitrogens with one attached hydrogen (secondary N) is 2. The molecule has 0 spiro atoms. The second-order valence-electron chi connectivity index (χ2n) is 5.41. The van der Waals surface area contributed by atoms with Crippen LogP contribution in [-0.2, 0) is 4.79 Å². The summed E-state index contributed by atoms with van der Waals surface area (Å²) < 4.78 is 1.48. The van der Waals surface area contributed by atoms with Crippen LogP contribution in [0.4, 0.5) is 5.69 Å². The summed E-state index contributed by atoms with van der Waals surface area (Å²) in [6, 6.07) is 6.50. The molecular weight excluding hydrogens is 268 g/mol. The van der Waals surface area contributed by atoms with Crippen LogP contribution in [0.15, 0.2) is 41.5 Å². The first-order valence-corrected chi connectivity index (χ1v) is 6.90. The Morgan fingerprint density at radius 1 is 1.33 bits per heavy atom. The molecule has 0 aliphatic carbocycles. The van der Waals surface area contributed by atoms with Gasteiger partial charge in [-0.1, -0.05) is 13.8 Å². The highest BCUT2D eigenvalue weighted by Gasteiger charge is 2.14. The number of imidazole rings is 1. The van der Waals surface area contributed by atoms with Gasteiger partial charge in [0.05, 0.1) is 11.7 Å². The number of H-pyrrole nitrogens is 1. The molecule has 0 aliphatic rings. The summed E-state index contributed by atoms with van der Waals surface area (Å²) in [6.07, 6.45) is 3.86. The fourth-order valence-electron chi connectivity index (χ4n) is 2.08. The highest BCUT2D eigenvalue weighted by molar-refractivity contribution is 5.94. The van der Waals surface area contributed by atoms with Gasteiger partial charge >= 0.3 is 5.69 Å². The number of hydrogen-bond acceptors (Lipinski definition) is 3. The number of nitrogens with two attached hydrogens (primary N) is 1. The summed E-state index contributed by atoms with van der Waals surface area (Å²) in [6.45, 7) is 4.05. The van der Waals surface area contributed by atoms with Crippen molar-refractivity contribution in [1.29, 1.82) is 0 Å². The normalized spacial score (nSPS) is 12.4. The lowest BCUT2D eigenvalue weighted by molar-refractivity contribution is -0.117. The molecule has 6 nitrogen and oxygen atoms in total. The van der Waals surface area contributed by atoms with Crippen LogP contribution in [0.25, 0.3) is 5.69 Å². The highest BCUT2D eigenvalue weighted by Crippen LogP contribution is 2.13. The first kappa shape index (κ1) is 15.1. The van der Waals surface area contributed by atoms with Crippen molar-refractivity contribution in [3.63, 3.8) is 0 Å². The van der Waals surface area contributed by atoms with Crippen molar-refractivity contribution in [2.45, 2.75) is 26.3 Å². The van der Waals surface area contributed by atoms with E-state index >= 15 is 0 Å². The number of anilines is 1. The van der Waals surface area contributed by atoms with Gasteiger partial charge in [-0.15, -0.1) is 0 Å². The molecule has 6 heteroatoms. The summed E-state index contributed by atoms with van der Waals surface area (Å²) in [5.41, 5.74) is 7.01. The molecule has 0 saturated heterocycles. The van der Waals surface area contributed by atoms with Crippen LogP contribution in [0.5, 0.6) is 0 Å². The molecule has 4 N–H and O–H groups in total. The van der Waals surface area contributed by atoms with Crippen molar-refractivity contribution in [2.24, 2.45) is 11.7 Å². The Hall–Kier alpha value is -2.34. The Morgan fingerprint density at radius 2 is 2.00 bits per heavy atom. The summed E-state index contributed by atoms with van der Waals surface area (Å²) >= 11 is 0. The zero-order valence-electron chi connectivity index (χ0n) is 12.2. The molecule has 2 aromatic rings. The maximum absolute atomic E-state index is 11.9. The molecule has 0 fully saturated rings. The van der Waals surface area contributed by atoms with E-state index in [-0.39, 0.29) is 11.6 Å². The Kier molecular flexibility index (Phi) is 4.59. The monoisotopic (exact) mass is 288 g/mol. The topological polar surface area (TPSA) is 92.9 Å². The van der Waals surface area contributed by atoms with Crippen LogP contribution >= 0.6 is 0 Å². The Bertz CT molecular complexity index is 655. The van der Waals surface area contributed by atoms with Crippen molar-refractivity contribution in [3.05, 3.63) is 47.1 Å². The van der Waals surface area contributed by atoms with Gasteiger partial charge in [0.1, 0.15) is 0 Å². The van der Waals surface area contributed by atoms with Gasteiger partial charge in [-0.25, -0.2) is 4.79 Å². The average molecular weight is 288 g/mol. The third kappa shape index (κ3) is 3.82. The number of rotatable bonds is 5. The smallest absolute Gasteiger partial charge is 0.325 e. The molecule has 1 aromatic carbocycles. The largest absolute Gasteiger partial charge is 0.330 e. The summed E-state index contributed by atoms with van der Waals surface area (Å²) in [4.78, 5) is 26.0. The van der Waals surface area contributed by atoms with E-state index in [1.807, 2.05) is 13.8 Å². The van der Waals surface area contributed by atoms with Gasteiger partial charge in [0.15, 0.2) is 0 Å². The number of nitrogens with zero attached hydrogens (tertiary/aromatic N) is 1. The highest BCUT2D eigenvalue weighted by atomic mass is 16.2. The molecule has 1 heterocycles. The van der Waals surface area contributed by atoms with Crippen molar-refractivity contribution in [2.75, 3.05) is 5.32 Å². The summed E-state index contributed by atoms with van der Waals surface area (Å²) in [5.74, 6) is 0.170. The van der Waals surface area contributed by atoms with E-state index in [1.54, 1.807) is 36.7 Å². The fourth-order valence-corrected chi connectivity index (χ4v) is 2.08.